The fourth-order valence-electron chi connectivity index (χ4n) is 5.54. The zero-order valence-corrected chi connectivity index (χ0v) is 20.3. The van der Waals surface area contributed by atoms with Crippen molar-refractivity contribution in [2.24, 2.45) is 0 Å². The van der Waals surface area contributed by atoms with Gasteiger partial charge in [-0.25, -0.2) is 0 Å². The molecule has 8 heteroatoms. The molecule has 0 aromatic carbocycles. The quantitative estimate of drug-likeness (QED) is 0.575. The first-order valence-corrected chi connectivity index (χ1v) is 12.7. The van der Waals surface area contributed by atoms with Gasteiger partial charge < -0.3 is 10.4 Å². The number of pyridine rings is 3. The highest BCUT2D eigenvalue weighted by Crippen LogP contribution is 2.34. The van der Waals surface area contributed by atoms with Crippen LogP contribution in [-0.2, 0) is 12.0 Å². The predicted octanol–water partition coefficient (Wildman–Crippen LogP) is 2.79. The second-order valence-corrected chi connectivity index (χ2v) is 9.96. The van der Waals surface area contributed by atoms with Crippen molar-refractivity contribution in [3.05, 3.63) is 82.0 Å². The number of fused-ring (bicyclic) bond motifs is 1. The van der Waals surface area contributed by atoms with Gasteiger partial charge in [0.25, 0.3) is 11.5 Å². The zero-order valence-electron chi connectivity index (χ0n) is 20.3. The van der Waals surface area contributed by atoms with Crippen LogP contribution in [0.25, 0.3) is 5.52 Å². The van der Waals surface area contributed by atoms with Crippen molar-refractivity contribution in [2.45, 2.75) is 62.6 Å². The fraction of sp³-hybridized carbons (Fsp3) is 0.429. The lowest BCUT2D eigenvalue weighted by molar-refractivity contribution is 0.0716. The number of nitriles is 1. The number of rotatable bonds is 5. The molecule has 36 heavy (non-hydrogen) atoms. The largest absolute Gasteiger partial charge is 0.391 e. The molecule has 1 aliphatic carbocycles. The lowest BCUT2D eigenvalue weighted by Crippen LogP contribution is -2.46. The number of piperidine rings is 1. The van der Waals surface area contributed by atoms with Gasteiger partial charge in [-0.1, -0.05) is 25.0 Å². The summed E-state index contributed by atoms with van der Waals surface area (Å²) in [5, 5.41) is 23.2. The highest BCUT2D eigenvalue weighted by Gasteiger charge is 2.37. The highest BCUT2D eigenvalue weighted by molar-refractivity contribution is 5.94. The average Bonchev–Trinajstić information content (AvgIpc) is 2.92. The average molecular weight is 486 g/mol. The molecular weight excluding hydrogens is 454 g/mol. The van der Waals surface area contributed by atoms with E-state index in [2.05, 4.69) is 21.3 Å². The number of amides is 1. The van der Waals surface area contributed by atoms with E-state index < -0.39 is 17.4 Å². The van der Waals surface area contributed by atoms with Crippen LogP contribution in [0.4, 0.5) is 0 Å². The predicted molar refractivity (Wildman–Crippen MR) is 135 cm³/mol. The van der Waals surface area contributed by atoms with Crippen LogP contribution in [0.1, 0.15) is 60.1 Å². The molecule has 2 aliphatic rings. The summed E-state index contributed by atoms with van der Waals surface area (Å²) >= 11 is 0. The topological polar surface area (TPSA) is 111 Å². The van der Waals surface area contributed by atoms with Gasteiger partial charge in [0.15, 0.2) is 0 Å². The van der Waals surface area contributed by atoms with Crippen molar-refractivity contribution < 1.29 is 9.90 Å². The Morgan fingerprint density at radius 3 is 2.67 bits per heavy atom. The van der Waals surface area contributed by atoms with Crippen LogP contribution in [0, 0.1) is 11.3 Å². The van der Waals surface area contributed by atoms with Gasteiger partial charge in [0.1, 0.15) is 11.0 Å². The Balaban J connectivity index is 1.39. The van der Waals surface area contributed by atoms with E-state index in [1.54, 1.807) is 24.5 Å². The Hall–Kier alpha value is -3.54. The molecule has 0 bridgehead atoms. The first-order valence-electron chi connectivity index (χ1n) is 12.7. The number of hydrogen-bond donors (Lipinski definition) is 2. The molecule has 3 aromatic heterocycles. The third kappa shape index (κ3) is 4.64. The summed E-state index contributed by atoms with van der Waals surface area (Å²) in [4.78, 5) is 33.1. The molecule has 1 amide bonds. The molecule has 8 nitrogen and oxygen atoms in total. The lowest BCUT2D eigenvalue weighted by atomic mass is 9.76. The summed E-state index contributed by atoms with van der Waals surface area (Å²) in [6, 6.07) is 15.1. The molecule has 0 spiro atoms. The molecule has 2 atom stereocenters. The molecule has 1 saturated heterocycles. The van der Waals surface area contributed by atoms with E-state index >= 15 is 0 Å². The maximum Gasteiger partial charge on any atom is 0.267 e. The van der Waals surface area contributed by atoms with E-state index in [-0.39, 0.29) is 17.2 Å². The molecule has 2 N–H and O–H groups in total. The molecule has 0 radical (unpaired) electrons. The molecule has 5 rings (SSSR count). The van der Waals surface area contributed by atoms with Gasteiger partial charge in [0.05, 0.1) is 29.4 Å². The third-order valence-corrected chi connectivity index (χ3v) is 7.72. The van der Waals surface area contributed by atoms with Gasteiger partial charge in [-0.05, 0) is 61.6 Å². The van der Waals surface area contributed by atoms with E-state index in [0.29, 0.717) is 45.3 Å². The summed E-state index contributed by atoms with van der Waals surface area (Å²) in [6.07, 6.45) is 7.42. The minimum Gasteiger partial charge on any atom is -0.391 e. The van der Waals surface area contributed by atoms with Crippen LogP contribution >= 0.6 is 0 Å². The molecule has 4 heterocycles. The molecular formula is C28H31N5O3. The second kappa shape index (κ2) is 10.2. The van der Waals surface area contributed by atoms with Gasteiger partial charge in [0.2, 0.25) is 0 Å². The number of likely N-dealkylation sites (tertiary alicyclic amines) is 1. The summed E-state index contributed by atoms with van der Waals surface area (Å²) in [7, 11) is 0. The minimum absolute atomic E-state index is 0.0864. The number of carbonyl (C=O) groups is 1. The van der Waals surface area contributed by atoms with Crippen molar-refractivity contribution in [3.63, 3.8) is 0 Å². The Labute approximate surface area is 210 Å². The minimum atomic E-state index is -0.598. The maximum atomic E-state index is 13.2. The molecule has 2 fully saturated rings. The second-order valence-electron chi connectivity index (χ2n) is 9.96. The van der Waals surface area contributed by atoms with Gasteiger partial charge >= 0.3 is 0 Å². The van der Waals surface area contributed by atoms with E-state index in [1.807, 2.05) is 30.3 Å². The first-order chi connectivity index (χ1) is 17.5. The highest BCUT2D eigenvalue weighted by atomic mass is 16.3. The van der Waals surface area contributed by atoms with Gasteiger partial charge in [-0.3, -0.25) is 23.9 Å². The number of nitrogens with zero attached hydrogens (tertiary/aromatic N) is 4. The smallest absolute Gasteiger partial charge is 0.267 e. The molecule has 186 valence electrons. The normalized spacial score (nSPS) is 22.1. The van der Waals surface area contributed by atoms with E-state index in [0.717, 1.165) is 29.6 Å². The fourth-order valence-corrected chi connectivity index (χ4v) is 5.54. The Kier molecular flexibility index (Phi) is 6.86. The number of aliphatic hydroxyl groups excluding tert-OH is 1. The number of hydrogen-bond acceptors (Lipinski definition) is 6. The SMILES string of the molecule is N#CC1(c2ccccn2)CCN(Cc2cc(C(=O)N[C@H]3CCCC[C@@H]3O)c(=O)n3ccccc23)CC1. The summed E-state index contributed by atoms with van der Waals surface area (Å²) in [6.45, 7) is 1.97. The molecule has 3 aromatic rings. The van der Waals surface area contributed by atoms with Crippen LogP contribution < -0.4 is 10.9 Å². The third-order valence-electron chi connectivity index (χ3n) is 7.72. The van der Waals surface area contributed by atoms with Crippen molar-refractivity contribution in [1.29, 1.82) is 5.26 Å². The van der Waals surface area contributed by atoms with Crippen LogP contribution in [-0.4, -0.2) is 50.5 Å². The van der Waals surface area contributed by atoms with Crippen LogP contribution in [0.15, 0.2) is 59.7 Å². The van der Waals surface area contributed by atoms with Crippen LogP contribution in [0.5, 0.6) is 0 Å². The standard InChI is InChI=1S/C28H31N5O3/c29-19-28(25-10-3-5-13-30-25)11-15-32(16-12-28)18-20-17-21(27(36)33-14-6-4-8-23(20)33)26(35)31-22-7-1-2-9-24(22)34/h3-6,8,10,13-14,17,22,24,34H,1-2,7,9,11-12,15-16,18H2,(H,31,35)/t22-,24-/m0/s1. The number of nitrogens with one attached hydrogen (secondary N) is 1. The van der Waals surface area contributed by atoms with Crippen molar-refractivity contribution in [3.8, 4) is 6.07 Å². The summed E-state index contributed by atoms with van der Waals surface area (Å²) in [5.74, 6) is -0.442. The molecule has 0 unspecified atom stereocenters. The zero-order chi connectivity index (χ0) is 25.1. The number of carbonyl (C=O) groups excluding carboxylic acids is 1. The van der Waals surface area contributed by atoms with Gasteiger partial charge in [0, 0.05) is 32.0 Å². The Morgan fingerprint density at radius 2 is 1.94 bits per heavy atom. The Bertz CT molecular complexity index is 1340. The van der Waals surface area contributed by atoms with Crippen molar-refractivity contribution in [1.82, 2.24) is 19.6 Å². The van der Waals surface area contributed by atoms with Gasteiger partial charge in [-0.2, -0.15) is 5.26 Å². The van der Waals surface area contributed by atoms with Gasteiger partial charge in [-0.15, -0.1) is 0 Å². The monoisotopic (exact) mass is 485 g/mol. The van der Waals surface area contributed by atoms with Crippen molar-refractivity contribution >= 4 is 11.4 Å². The maximum absolute atomic E-state index is 13.2. The molecule has 1 aliphatic heterocycles. The Morgan fingerprint density at radius 1 is 1.17 bits per heavy atom. The molecule has 1 saturated carbocycles. The van der Waals surface area contributed by atoms with Crippen LogP contribution in [0.2, 0.25) is 0 Å². The summed E-state index contributed by atoms with van der Waals surface area (Å²) in [5.41, 5.74) is 1.58. The van der Waals surface area contributed by atoms with E-state index in [4.69, 9.17) is 0 Å². The number of aromatic nitrogens is 2. The lowest BCUT2D eigenvalue weighted by Gasteiger charge is -2.37. The van der Waals surface area contributed by atoms with Crippen LogP contribution in [0.3, 0.4) is 0 Å². The van der Waals surface area contributed by atoms with Crippen molar-refractivity contribution in [2.75, 3.05) is 13.1 Å². The first kappa shape index (κ1) is 24.2. The van der Waals surface area contributed by atoms with E-state index in [1.165, 1.54) is 4.40 Å². The summed E-state index contributed by atoms with van der Waals surface area (Å²) < 4.78 is 1.53. The number of aliphatic hydroxyl groups is 1. The van der Waals surface area contributed by atoms with E-state index in [9.17, 15) is 20.0 Å².